The highest BCUT2D eigenvalue weighted by molar-refractivity contribution is 7.19. The molecule has 1 aromatic carbocycles. The zero-order valence-electron chi connectivity index (χ0n) is 20.2. The summed E-state index contributed by atoms with van der Waals surface area (Å²) in [5.74, 6) is -1.96. The van der Waals surface area contributed by atoms with E-state index in [0.29, 0.717) is 22.6 Å². The average molecular weight is 532 g/mol. The van der Waals surface area contributed by atoms with Crippen LogP contribution >= 0.6 is 11.3 Å². The number of nitrogens with two attached hydrogens (primary N) is 2. The molecule has 15 heteroatoms. The Kier molecular flexibility index (Phi) is 11.7. The van der Waals surface area contributed by atoms with Crippen molar-refractivity contribution >= 4 is 56.8 Å². The molecular formula is C22H29N9O5S. The molecular weight excluding hydrogens is 502 g/mol. The minimum atomic E-state index is -0.942. The Balaban J connectivity index is 1.90. The van der Waals surface area contributed by atoms with Gasteiger partial charge in [-0.3, -0.25) is 24.2 Å². The third kappa shape index (κ3) is 10.5. The first-order valence-electron chi connectivity index (χ1n) is 11.2. The molecule has 1 heterocycles. The number of hydrogen-bond donors (Lipinski definition) is 6. The van der Waals surface area contributed by atoms with E-state index in [1.165, 1.54) is 18.4 Å². The molecule has 0 saturated heterocycles. The van der Waals surface area contributed by atoms with Crippen molar-refractivity contribution in [3.8, 4) is 6.07 Å². The summed E-state index contributed by atoms with van der Waals surface area (Å²) in [6.07, 6.45) is 0.559. The number of anilines is 1. The van der Waals surface area contributed by atoms with Crippen LogP contribution in [-0.2, 0) is 23.9 Å². The maximum Gasteiger partial charge on any atom is 0.245 e. The van der Waals surface area contributed by atoms with Crippen LogP contribution in [0.2, 0.25) is 0 Å². The van der Waals surface area contributed by atoms with E-state index in [2.05, 4.69) is 31.2 Å². The number of rotatable bonds is 14. The van der Waals surface area contributed by atoms with E-state index in [9.17, 15) is 19.2 Å². The van der Waals surface area contributed by atoms with E-state index in [4.69, 9.17) is 21.5 Å². The van der Waals surface area contributed by atoms with E-state index in [1.54, 1.807) is 18.2 Å². The zero-order chi connectivity index (χ0) is 27.2. The Morgan fingerprint density at radius 3 is 2.68 bits per heavy atom. The Labute approximate surface area is 216 Å². The molecule has 0 aliphatic carbocycles. The number of carbonyl (C=O) groups excluding carboxylic acids is 4. The van der Waals surface area contributed by atoms with Gasteiger partial charge in [-0.1, -0.05) is 0 Å². The lowest BCUT2D eigenvalue weighted by Gasteiger charge is -2.18. The number of guanidine groups is 1. The molecule has 0 spiro atoms. The van der Waals surface area contributed by atoms with Crippen molar-refractivity contribution in [2.24, 2.45) is 16.5 Å². The standard InChI is InChI=1S/C22H29N9O5S/c1-36-12-19(34)26-8-6-17(32)30-15(3-2-7-27-22(24)25)21(35)28-11-18(33)29-13-4-5-14-16(9-13)37-20(10-23)31-14/h4-5,9,15H,2-3,6-8,11-12H2,1H3,(H,26,34)(H,28,35)(H,29,33)(H,30,32)(H4,24,25,27). The first-order valence-corrected chi connectivity index (χ1v) is 12.0. The molecule has 14 nitrogen and oxygen atoms in total. The van der Waals surface area contributed by atoms with Gasteiger partial charge in [-0.25, -0.2) is 4.98 Å². The summed E-state index contributed by atoms with van der Waals surface area (Å²) in [5.41, 5.74) is 11.7. The van der Waals surface area contributed by atoms with Gasteiger partial charge in [-0.2, -0.15) is 5.26 Å². The smallest absolute Gasteiger partial charge is 0.245 e. The number of amides is 4. The number of aliphatic imine (C=N–C) groups is 1. The molecule has 0 radical (unpaired) electrons. The SMILES string of the molecule is COCC(=O)NCCC(=O)NC(CCCN=C(N)N)C(=O)NCC(=O)Nc1ccc2nc(C#N)sc2c1. The van der Waals surface area contributed by atoms with Crippen LogP contribution < -0.4 is 32.7 Å². The molecule has 4 amide bonds. The van der Waals surface area contributed by atoms with Crippen LogP contribution in [0.3, 0.4) is 0 Å². The molecule has 1 aromatic heterocycles. The number of aromatic nitrogens is 1. The van der Waals surface area contributed by atoms with Gasteiger partial charge in [-0.05, 0) is 31.0 Å². The summed E-state index contributed by atoms with van der Waals surface area (Å²) in [6.45, 7) is -0.142. The first-order chi connectivity index (χ1) is 17.7. The van der Waals surface area contributed by atoms with Gasteiger partial charge in [0, 0.05) is 32.3 Å². The fourth-order valence-electron chi connectivity index (χ4n) is 3.08. The molecule has 0 aliphatic heterocycles. The molecule has 1 atom stereocenters. The van der Waals surface area contributed by atoms with Gasteiger partial charge < -0.3 is 37.5 Å². The van der Waals surface area contributed by atoms with Crippen molar-refractivity contribution in [1.29, 1.82) is 5.26 Å². The van der Waals surface area contributed by atoms with Crippen molar-refractivity contribution < 1.29 is 23.9 Å². The maximum absolute atomic E-state index is 12.7. The van der Waals surface area contributed by atoms with Gasteiger partial charge in [0.1, 0.15) is 18.7 Å². The molecule has 198 valence electrons. The summed E-state index contributed by atoms with van der Waals surface area (Å²) in [5, 5.41) is 19.6. The number of thiazole rings is 1. The number of fused-ring (bicyclic) bond motifs is 1. The van der Waals surface area contributed by atoms with Gasteiger partial charge in [0.05, 0.1) is 16.8 Å². The molecule has 0 aliphatic rings. The molecule has 2 aromatic rings. The highest BCUT2D eigenvalue weighted by atomic mass is 32.1. The van der Waals surface area contributed by atoms with Crippen LogP contribution in [0.1, 0.15) is 24.3 Å². The Morgan fingerprint density at radius 2 is 1.97 bits per heavy atom. The molecule has 1 unspecified atom stereocenters. The number of nitriles is 1. The molecule has 0 saturated carbocycles. The number of nitrogens with one attached hydrogen (secondary N) is 4. The topological polar surface area (TPSA) is 227 Å². The third-order valence-corrected chi connectivity index (χ3v) is 5.66. The van der Waals surface area contributed by atoms with Crippen LogP contribution in [0.4, 0.5) is 5.69 Å². The quantitative estimate of drug-likeness (QED) is 0.0987. The van der Waals surface area contributed by atoms with Crippen molar-refractivity contribution in [3.63, 3.8) is 0 Å². The van der Waals surface area contributed by atoms with E-state index in [1.807, 2.05) is 6.07 Å². The maximum atomic E-state index is 12.7. The van der Waals surface area contributed by atoms with Crippen LogP contribution in [-0.4, -0.2) is 74.0 Å². The normalized spacial score (nSPS) is 11.1. The third-order valence-electron chi connectivity index (χ3n) is 4.74. The lowest BCUT2D eigenvalue weighted by Crippen LogP contribution is -2.49. The fourth-order valence-corrected chi connectivity index (χ4v) is 3.88. The number of benzene rings is 1. The highest BCUT2D eigenvalue weighted by Crippen LogP contribution is 2.24. The predicted molar refractivity (Wildman–Crippen MR) is 137 cm³/mol. The van der Waals surface area contributed by atoms with Gasteiger partial charge in [-0.15, -0.1) is 11.3 Å². The number of nitrogens with zero attached hydrogens (tertiary/aromatic N) is 3. The van der Waals surface area contributed by atoms with Gasteiger partial charge >= 0.3 is 0 Å². The second kappa shape index (κ2) is 15.0. The Hall–Kier alpha value is -4.29. The van der Waals surface area contributed by atoms with Crippen LogP contribution in [0.25, 0.3) is 10.2 Å². The van der Waals surface area contributed by atoms with E-state index >= 15 is 0 Å². The highest BCUT2D eigenvalue weighted by Gasteiger charge is 2.21. The molecule has 0 fully saturated rings. The monoisotopic (exact) mass is 531 g/mol. The number of methoxy groups -OCH3 is 1. The molecule has 0 bridgehead atoms. The van der Waals surface area contributed by atoms with Crippen molar-refractivity contribution in [2.45, 2.75) is 25.3 Å². The van der Waals surface area contributed by atoms with Crippen LogP contribution in [0.15, 0.2) is 23.2 Å². The average Bonchev–Trinajstić information content (AvgIpc) is 3.27. The van der Waals surface area contributed by atoms with Crippen molar-refractivity contribution in [2.75, 3.05) is 38.7 Å². The lowest BCUT2D eigenvalue weighted by atomic mass is 10.1. The second-order valence-corrected chi connectivity index (χ2v) is 8.71. The number of carbonyl (C=O) groups is 4. The van der Waals surface area contributed by atoms with Crippen LogP contribution in [0.5, 0.6) is 0 Å². The van der Waals surface area contributed by atoms with Crippen molar-refractivity contribution in [3.05, 3.63) is 23.2 Å². The number of hydrogen-bond acceptors (Lipinski definition) is 9. The van der Waals surface area contributed by atoms with Crippen LogP contribution in [0, 0.1) is 11.3 Å². The summed E-state index contributed by atoms with van der Waals surface area (Å²) < 4.78 is 5.43. The Bertz CT molecular complexity index is 1190. The van der Waals surface area contributed by atoms with E-state index < -0.39 is 23.8 Å². The Morgan fingerprint density at radius 1 is 1.19 bits per heavy atom. The largest absolute Gasteiger partial charge is 0.375 e. The van der Waals surface area contributed by atoms with Gasteiger partial charge in [0.25, 0.3) is 0 Å². The minimum absolute atomic E-state index is 0.0544. The second-order valence-electron chi connectivity index (χ2n) is 7.68. The lowest BCUT2D eigenvalue weighted by molar-refractivity contribution is -0.130. The molecule has 37 heavy (non-hydrogen) atoms. The summed E-state index contributed by atoms with van der Waals surface area (Å²) in [7, 11) is 1.38. The molecule has 2 rings (SSSR count). The van der Waals surface area contributed by atoms with Gasteiger partial charge in [0.15, 0.2) is 11.0 Å². The minimum Gasteiger partial charge on any atom is -0.375 e. The summed E-state index contributed by atoms with van der Waals surface area (Å²) >= 11 is 1.20. The number of ether oxygens (including phenoxy) is 1. The van der Waals surface area contributed by atoms with E-state index in [0.717, 1.165) is 4.70 Å². The van der Waals surface area contributed by atoms with E-state index in [-0.39, 0.29) is 50.9 Å². The predicted octanol–water partition coefficient (Wildman–Crippen LogP) is -1.09. The fraction of sp³-hybridized carbons (Fsp3) is 0.409. The molecule has 8 N–H and O–H groups in total. The van der Waals surface area contributed by atoms with Gasteiger partial charge in [0.2, 0.25) is 23.6 Å². The van der Waals surface area contributed by atoms with Crippen molar-refractivity contribution in [1.82, 2.24) is 20.9 Å². The summed E-state index contributed by atoms with van der Waals surface area (Å²) in [6, 6.07) is 6.04. The summed E-state index contributed by atoms with van der Waals surface area (Å²) in [4.78, 5) is 56.8. The zero-order valence-corrected chi connectivity index (χ0v) is 21.0. The first kappa shape index (κ1) is 28.9.